The Hall–Kier alpha value is -0.943. The van der Waals surface area contributed by atoms with Crippen molar-refractivity contribution in [3.05, 3.63) is 12.2 Å². The van der Waals surface area contributed by atoms with E-state index >= 15 is 0 Å². The quantitative estimate of drug-likeness (QED) is 0.461. The van der Waals surface area contributed by atoms with E-state index in [1.807, 2.05) is 6.92 Å². The van der Waals surface area contributed by atoms with Gasteiger partial charge in [0, 0.05) is 0 Å². The van der Waals surface area contributed by atoms with E-state index in [0.29, 0.717) is 0 Å². The number of esters is 1. The second-order valence-electron chi connectivity index (χ2n) is 6.08. The summed E-state index contributed by atoms with van der Waals surface area (Å²) < 4.78 is 10.8. The third-order valence-corrected chi connectivity index (χ3v) is 7.89. The zero-order chi connectivity index (χ0) is 15.3. The van der Waals surface area contributed by atoms with Crippen LogP contribution < -0.4 is 0 Å². The minimum atomic E-state index is -1.82. The molecule has 0 aromatic carbocycles. The molecule has 0 spiro atoms. The molecule has 0 aliphatic rings. The van der Waals surface area contributed by atoms with Gasteiger partial charge in [0.1, 0.15) is 5.71 Å². The summed E-state index contributed by atoms with van der Waals surface area (Å²) in [5.74, 6) is -0.599. The van der Waals surface area contributed by atoms with Crippen LogP contribution in [0.2, 0.25) is 18.1 Å². The van der Waals surface area contributed by atoms with Crippen LogP contribution in [-0.4, -0.2) is 32.7 Å². The standard InChI is InChI=1S/C14H27NO3Si/c1-8-17-13(16)12(15)10-9-11(2)18-19(6,7)14(3,4)5/h9-11,15H,8H2,1-7H3/b10-9+,15-12?/t11-/m0/s1. The summed E-state index contributed by atoms with van der Waals surface area (Å²) in [5, 5.41) is 7.68. The van der Waals surface area contributed by atoms with Crippen molar-refractivity contribution in [3.8, 4) is 0 Å². The molecule has 0 amide bonds. The van der Waals surface area contributed by atoms with Crippen molar-refractivity contribution in [1.29, 1.82) is 5.41 Å². The highest BCUT2D eigenvalue weighted by molar-refractivity contribution is 6.74. The van der Waals surface area contributed by atoms with Crippen molar-refractivity contribution in [1.82, 2.24) is 0 Å². The molecule has 5 heteroatoms. The first-order valence-electron chi connectivity index (χ1n) is 6.63. The first kappa shape index (κ1) is 18.1. The van der Waals surface area contributed by atoms with E-state index in [4.69, 9.17) is 14.6 Å². The first-order valence-corrected chi connectivity index (χ1v) is 9.53. The molecule has 0 aromatic heterocycles. The highest BCUT2D eigenvalue weighted by atomic mass is 28.4. The molecule has 4 nitrogen and oxygen atoms in total. The summed E-state index contributed by atoms with van der Waals surface area (Å²) in [6.07, 6.45) is 3.07. The minimum Gasteiger partial charge on any atom is -0.461 e. The van der Waals surface area contributed by atoms with E-state index in [-0.39, 0.29) is 23.5 Å². The summed E-state index contributed by atoms with van der Waals surface area (Å²) in [7, 11) is -1.82. The predicted molar refractivity (Wildman–Crippen MR) is 81.2 cm³/mol. The highest BCUT2D eigenvalue weighted by Gasteiger charge is 2.38. The van der Waals surface area contributed by atoms with Crippen molar-refractivity contribution in [2.45, 2.75) is 58.9 Å². The predicted octanol–water partition coefficient (Wildman–Crippen LogP) is 3.54. The molecule has 0 aliphatic carbocycles. The summed E-state index contributed by atoms with van der Waals surface area (Å²) in [4.78, 5) is 11.3. The molecule has 19 heavy (non-hydrogen) atoms. The van der Waals surface area contributed by atoms with E-state index in [9.17, 15) is 4.79 Å². The average molecular weight is 285 g/mol. The highest BCUT2D eigenvalue weighted by Crippen LogP contribution is 2.37. The summed E-state index contributed by atoms with van der Waals surface area (Å²) in [6, 6.07) is 0. The van der Waals surface area contributed by atoms with Gasteiger partial charge in [-0.3, -0.25) is 5.41 Å². The van der Waals surface area contributed by atoms with Gasteiger partial charge in [-0.05, 0) is 38.1 Å². The van der Waals surface area contributed by atoms with Crippen LogP contribution >= 0.6 is 0 Å². The fourth-order valence-electron chi connectivity index (χ4n) is 1.19. The molecule has 0 fully saturated rings. The van der Waals surface area contributed by atoms with Gasteiger partial charge in [0.05, 0.1) is 12.7 Å². The third kappa shape index (κ3) is 6.16. The molecule has 0 radical (unpaired) electrons. The van der Waals surface area contributed by atoms with Crippen LogP contribution in [0.3, 0.4) is 0 Å². The minimum absolute atomic E-state index is 0.115. The second-order valence-corrected chi connectivity index (χ2v) is 10.8. The van der Waals surface area contributed by atoms with Crippen LogP contribution in [0.5, 0.6) is 0 Å². The van der Waals surface area contributed by atoms with Crippen molar-refractivity contribution in [2.75, 3.05) is 6.61 Å². The molecular weight excluding hydrogens is 258 g/mol. The van der Waals surface area contributed by atoms with Gasteiger partial charge in [-0.1, -0.05) is 26.8 Å². The molecule has 0 aromatic rings. The fraction of sp³-hybridized carbons (Fsp3) is 0.714. The molecule has 0 saturated heterocycles. The maximum Gasteiger partial charge on any atom is 0.356 e. The van der Waals surface area contributed by atoms with Crippen molar-refractivity contribution >= 4 is 20.0 Å². The molecule has 0 saturated carbocycles. The number of ether oxygens (including phenoxy) is 1. The lowest BCUT2D eigenvalue weighted by molar-refractivity contribution is -0.135. The van der Waals surface area contributed by atoms with Crippen LogP contribution in [0.15, 0.2) is 12.2 Å². The zero-order valence-corrected chi connectivity index (χ0v) is 14.2. The molecule has 1 N–H and O–H groups in total. The molecule has 0 rings (SSSR count). The number of carbonyl (C=O) groups is 1. The Balaban J connectivity index is 4.51. The Morgan fingerprint density at radius 2 is 1.89 bits per heavy atom. The van der Waals surface area contributed by atoms with E-state index in [1.54, 1.807) is 13.0 Å². The van der Waals surface area contributed by atoms with E-state index in [2.05, 4.69) is 33.9 Å². The smallest absolute Gasteiger partial charge is 0.356 e. The summed E-state index contributed by atoms with van der Waals surface area (Å²) in [5.41, 5.74) is -0.146. The van der Waals surface area contributed by atoms with Gasteiger partial charge in [0.2, 0.25) is 0 Å². The second kappa shape index (κ2) is 7.00. The number of carbonyl (C=O) groups excluding carboxylic acids is 1. The molecule has 1 atom stereocenters. The van der Waals surface area contributed by atoms with Gasteiger partial charge >= 0.3 is 5.97 Å². The number of nitrogens with one attached hydrogen (secondary N) is 1. The number of hydrogen-bond donors (Lipinski definition) is 1. The van der Waals surface area contributed by atoms with Crippen LogP contribution in [0, 0.1) is 5.41 Å². The number of hydrogen-bond acceptors (Lipinski definition) is 4. The topological polar surface area (TPSA) is 59.4 Å². The SMILES string of the molecule is CCOC(=O)C(=N)/C=C/[C@H](C)O[Si](C)(C)C(C)(C)C. The Morgan fingerprint density at radius 1 is 1.37 bits per heavy atom. The Bertz CT molecular complexity index is 356. The van der Waals surface area contributed by atoms with Gasteiger partial charge in [-0.25, -0.2) is 4.79 Å². The van der Waals surface area contributed by atoms with E-state index < -0.39 is 14.3 Å². The molecule has 0 aliphatic heterocycles. The Morgan fingerprint density at radius 3 is 2.32 bits per heavy atom. The molecule has 0 heterocycles. The largest absolute Gasteiger partial charge is 0.461 e. The molecule has 0 bridgehead atoms. The Labute approximate surface area is 117 Å². The average Bonchev–Trinajstić information content (AvgIpc) is 2.24. The zero-order valence-electron chi connectivity index (χ0n) is 13.2. The van der Waals surface area contributed by atoms with Crippen molar-refractivity contribution < 1.29 is 14.0 Å². The lowest BCUT2D eigenvalue weighted by Crippen LogP contribution is -2.42. The van der Waals surface area contributed by atoms with Gasteiger partial charge in [0.25, 0.3) is 0 Å². The number of rotatable bonds is 6. The maximum atomic E-state index is 11.3. The molecular formula is C14H27NO3Si. The normalized spacial score (nSPS) is 14.5. The van der Waals surface area contributed by atoms with Gasteiger partial charge in [-0.2, -0.15) is 0 Å². The fourth-order valence-corrected chi connectivity index (χ4v) is 2.55. The van der Waals surface area contributed by atoms with Gasteiger partial charge in [0.15, 0.2) is 8.32 Å². The maximum absolute atomic E-state index is 11.3. The van der Waals surface area contributed by atoms with Gasteiger partial charge in [-0.15, -0.1) is 0 Å². The van der Waals surface area contributed by atoms with Crippen LogP contribution in [0.1, 0.15) is 34.6 Å². The van der Waals surface area contributed by atoms with E-state index in [1.165, 1.54) is 6.08 Å². The first-order chi connectivity index (χ1) is 8.51. The molecule has 0 unspecified atom stereocenters. The van der Waals surface area contributed by atoms with Gasteiger partial charge < -0.3 is 9.16 Å². The lowest BCUT2D eigenvalue weighted by Gasteiger charge is -2.37. The molecule has 110 valence electrons. The summed E-state index contributed by atoms with van der Waals surface area (Å²) in [6.45, 7) is 14.8. The van der Waals surface area contributed by atoms with Crippen LogP contribution in [0.4, 0.5) is 0 Å². The lowest BCUT2D eigenvalue weighted by atomic mass is 10.2. The van der Waals surface area contributed by atoms with Crippen LogP contribution in [-0.2, 0) is 14.0 Å². The summed E-state index contributed by atoms with van der Waals surface area (Å²) >= 11 is 0. The van der Waals surface area contributed by atoms with Crippen molar-refractivity contribution in [3.63, 3.8) is 0 Å². The van der Waals surface area contributed by atoms with Crippen molar-refractivity contribution in [2.24, 2.45) is 0 Å². The third-order valence-electron chi connectivity index (χ3n) is 3.32. The van der Waals surface area contributed by atoms with E-state index in [0.717, 1.165) is 0 Å². The Kier molecular flexibility index (Phi) is 6.66. The van der Waals surface area contributed by atoms with Crippen LogP contribution in [0.25, 0.3) is 0 Å². The monoisotopic (exact) mass is 285 g/mol.